The van der Waals surface area contributed by atoms with E-state index in [4.69, 9.17) is 6.42 Å². The lowest BCUT2D eigenvalue weighted by atomic mass is 10.0. The number of carbonyl (C=O) groups is 1. The largest absolute Gasteiger partial charge is 0.350 e. The molecule has 1 aromatic heterocycles. The Bertz CT molecular complexity index is 566. The van der Waals surface area contributed by atoms with Crippen LogP contribution in [0.15, 0.2) is 15.7 Å². The molecule has 1 N–H and O–H groups in total. The highest BCUT2D eigenvalue weighted by Crippen LogP contribution is 2.37. The van der Waals surface area contributed by atoms with Crippen LogP contribution < -0.4 is 10.2 Å². The van der Waals surface area contributed by atoms with Crippen LogP contribution in [-0.4, -0.2) is 40.9 Å². The highest BCUT2D eigenvalue weighted by molar-refractivity contribution is 7.13. The smallest absolute Gasteiger partial charge is 0.220 e. The van der Waals surface area contributed by atoms with Gasteiger partial charge in [-0.25, -0.2) is 0 Å². The molecule has 2 aliphatic heterocycles. The Balaban J connectivity index is 1.34. The average Bonchev–Trinajstić information content (AvgIpc) is 3.01. The van der Waals surface area contributed by atoms with Crippen molar-refractivity contribution >= 4 is 22.4 Å². The molecular weight excluding hydrogens is 288 g/mol. The first-order valence-corrected chi connectivity index (χ1v) is 7.77. The second kappa shape index (κ2) is 5.77. The van der Waals surface area contributed by atoms with E-state index in [-0.39, 0.29) is 17.6 Å². The third kappa shape index (κ3) is 3.36. The molecule has 1 aromatic rings. The maximum Gasteiger partial charge on any atom is 0.220 e. The Hall–Kier alpha value is -2.01. The molecule has 0 aliphatic carbocycles. The summed E-state index contributed by atoms with van der Waals surface area (Å²) < 4.78 is 0. The van der Waals surface area contributed by atoms with Gasteiger partial charge in [0.2, 0.25) is 11.0 Å². The van der Waals surface area contributed by atoms with E-state index >= 15 is 0 Å². The Morgan fingerprint density at radius 3 is 2.95 bits per heavy atom. The molecule has 0 saturated carbocycles. The average molecular weight is 304 g/mol. The summed E-state index contributed by atoms with van der Waals surface area (Å²) in [7, 11) is 0. The maximum atomic E-state index is 11.9. The summed E-state index contributed by atoms with van der Waals surface area (Å²) in [5.41, 5.74) is 1.33. The van der Waals surface area contributed by atoms with Crippen LogP contribution in [0, 0.1) is 12.3 Å². The standard InChI is InChI=1S/C13H16N6OS/c1-2-3-5-13(17-18-13)6-4-11(20)15-10-7-19(8-10)12-16-14-9-21-12/h1,9-10H,3-8H2,(H,15,20). The fourth-order valence-electron chi connectivity index (χ4n) is 2.31. The van der Waals surface area contributed by atoms with Crippen molar-refractivity contribution in [3.8, 4) is 12.3 Å². The van der Waals surface area contributed by atoms with Crippen LogP contribution in [0.2, 0.25) is 0 Å². The van der Waals surface area contributed by atoms with Crippen molar-refractivity contribution < 1.29 is 4.79 Å². The molecule has 0 aromatic carbocycles. The summed E-state index contributed by atoms with van der Waals surface area (Å²) in [6.07, 6.45) is 7.71. The molecule has 0 spiro atoms. The SMILES string of the molecule is C#CCCC1(CCC(=O)NC2CN(c3nncs3)C2)N=N1. The zero-order chi connectivity index (χ0) is 14.7. The number of nitrogens with one attached hydrogen (secondary N) is 1. The van der Waals surface area contributed by atoms with E-state index in [9.17, 15) is 4.79 Å². The van der Waals surface area contributed by atoms with Gasteiger partial charge in [-0.15, -0.1) is 22.5 Å². The summed E-state index contributed by atoms with van der Waals surface area (Å²) in [5, 5.41) is 19.8. The van der Waals surface area contributed by atoms with Crippen molar-refractivity contribution in [1.29, 1.82) is 0 Å². The molecule has 1 fully saturated rings. The Morgan fingerprint density at radius 1 is 1.52 bits per heavy atom. The molecule has 110 valence electrons. The molecule has 7 nitrogen and oxygen atoms in total. The molecule has 0 atom stereocenters. The lowest BCUT2D eigenvalue weighted by molar-refractivity contribution is -0.122. The summed E-state index contributed by atoms with van der Waals surface area (Å²) in [5.74, 6) is 2.63. The topological polar surface area (TPSA) is 82.8 Å². The third-order valence-electron chi connectivity index (χ3n) is 3.67. The van der Waals surface area contributed by atoms with Crippen molar-refractivity contribution in [2.24, 2.45) is 10.2 Å². The summed E-state index contributed by atoms with van der Waals surface area (Å²) in [4.78, 5) is 14.0. The van der Waals surface area contributed by atoms with E-state index < -0.39 is 0 Å². The fraction of sp³-hybridized carbons (Fsp3) is 0.615. The van der Waals surface area contributed by atoms with Gasteiger partial charge in [0.05, 0.1) is 6.04 Å². The number of aromatic nitrogens is 2. The van der Waals surface area contributed by atoms with Crippen molar-refractivity contribution in [1.82, 2.24) is 15.5 Å². The highest BCUT2D eigenvalue weighted by Gasteiger charge is 2.39. The van der Waals surface area contributed by atoms with Crippen molar-refractivity contribution in [2.75, 3.05) is 18.0 Å². The molecule has 8 heteroatoms. The minimum absolute atomic E-state index is 0.0503. The van der Waals surface area contributed by atoms with Crippen LogP contribution in [0.1, 0.15) is 25.7 Å². The van der Waals surface area contributed by atoms with E-state index in [2.05, 4.69) is 36.6 Å². The van der Waals surface area contributed by atoms with E-state index in [1.165, 1.54) is 11.3 Å². The van der Waals surface area contributed by atoms with Gasteiger partial charge in [0.1, 0.15) is 5.51 Å². The van der Waals surface area contributed by atoms with Crippen molar-refractivity contribution in [3.63, 3.8) is 0 Å². The lowest BCUT2D eigenvalue weighted by Gasteiger charge is -2.39. The predicted molar refractivity (Wildman–Crippen MR) is 78.9 cm³/mol. The minimum atomic E-state index is -0.373. The number of hydrogen-bond donors (Lipinski definition) is 1. The van der Waals surface area contributed by atoms with Crippen LogP contribution in [0.4, 0.5) is 5.13 Å². The monoisotopic (exact) mass is 304 g/mol. The van der Waals surface area contributed by atoms with Gasteiger partial charge in [-0.05, 0) is 0 Å². The maximum absolute atomic E-state index is 11.9. The third-order valence-corrected chi connectivity index (χ3v) is 4.42. The van der Waals surface area contributed by atoms with E-state index in [1.807, 2.05) is 0 Å². The number of carbonyl (C=O) groups excluding carboxylic acids is 1. The number of hydrogen-bond acceptors (Lipinski definition) is 7. The van der Waals surface area contributed by atoms with E-state index in [0.717, 1.165) is 24.6 Å². The van der Waals surface area contributed by atoms with Gasteiger partial charge in [-0.1, -0.05) is 11.3 Å². The molecule has 1 amide bonds. The Kier molecular flexibility index (Phi) is 3.84. The van der Waals surface area contributed by atoms with E-state index in [0.29, 0.717) is 19.3 Å². The van der Waals surface area contributed by atoms with Gasteiger partial charge in [0.15, 0.2) is 5.66 Å². The number of rotatable bonds is 7. The molecule has 0 radical (unpaired) electrons. The Morgan fingerprint density at radius 2 is 2.33 bits per heavy atom. The normalized spacial score (nSPS) is 18.9. The van der Waals surface area contributed by atoms with Gasteiger partial charge in [-0.2, -0.15) is 10.2 Å². The summed E-state index contributed by atoms with van der Waals surface area (Å²) in [6, 6.07) is 0.191. The molecule has 21 heavy (non-hydrogen) atoms. The molecule has 1 saturated heterocycles. The summed E-state index contributed by atoms with van der Waals surface area (Å²) in [6.45, 7) is 1.58. The second-order valence-corrected chi connectivity index (χ2v) is 6.09. The van der Waals surface area contributed by atoms with Crippen LogP contribution >= 0.6 is 11.3 Å². The van der Waals surface area contributed by atoms with Crippen LogP contribution in [0.5, 0.6) is 0 Å². The van der Waals surface area contributed by atoms with Gasteiger partial charge >= 0.3 is 0 Å². The quantitative estimate of drug-likeness (QED) is 0.767. The Labute approximate surface area is 126 Å². The molecule has 2 aliphatic rings. The summed E-state index contributed by atoms with van der Waals surface area (Å²) >= 11 is 1.51. The van der Waals surface area contributed by atoms with Gasteiger partial charge in [0.25, 0.3) is 0 Å². The number of anilines is 1. The van der Waals surface area contributed by atoms with Gasteiger partial charge < -0.3 is 10.2 Å². The van der Waals surface area contributed by atoms with E-state index in [1.54, 1.807) is 5.51 Å². The van der Waals surface area contributed by atoms with Crippen LogP contribution in [0.25, 0.3) is 0 Å². The zero-order valence-corrected chi connectivity index (χ0v) is 12.3. The van der Waals surface area contributed by atoms with Crippen molar-refractivity contribution in [2.45, 2.75) is 37.4 Å². The van der Waals surface area contributed by atoms with Gasteiger partial charge in [-0.3, -0.25) is 4.79 Å². The van der Waals surface area contributed by atoms with Crippen LogP contribution in [-0.2, 0) is 4.79 Å². The molecule has 3 rings (SSSR count). The number of amides is 1. The highest BCUT2D eigenvalue weighted by atomic mass is 32.1. The lowest BCUT2D eigenvalue weighted by Crippen LogP contribution is -2.59. The first-order valence-electron chi connectivity index (χ1n) is 6.89. The number of nitrogens with zero attached hydrogens (tertiary/aromatic N) is 5. The molecule has 0 unspecified atom stereocenters. The first kappa shape index (κ1) is 13.9. The van der Waals surface area contributed by atoms with Crippen LogP contribution in [0.3, 0.4) is 0 Å². The number of terminal acetylenes is 1. The second-order valence-electron chi connectivity index (χ2n) is 5.28. The first-order chi connectivity index (χ1) is 10.2. The van der Waals surface area contributed by atoms with Gasteiger partial charge in [0, 0.05) is 38.8 Å². The molecule has 3 heterocycles. The predicted octanol–water partition coefficient (Wildman–Crippen LogP) is 1.20. The fourth-order valence-corrected chi connectivity index (χ4v) is 2.89. The zero-order valence-electron chi connectivity index (χ0n) is 11.5. The minimum Gasteiger partial charge on any atom is -0.350 e. The molecule has 0 bridgehead atoms. The molecular formula is C13H16N6OS. The van der Waals surface area contributed by atoms with Crippen molar-refractivity contribution in [3.05, 3.63) is 5.51 Å².